The summed E-state index contributed by atoms with van der Waals surface area (Å²) >= 11 is 0. The van der Waals surface area contributed by atoms with Gasteiger partial charge in [0.05, 0.1) is 5.39 Å². The number of benzene rings is 1. The van der Waals surface area contributed by atoms with Crippen molar-refractivity contribution in [3.05, 3.63) is 40.3 Å². The Bertz CT molecular complexity index is 902. The van der Waals surface area contributed by atoms with E-state index in [1.807, 2.05) is 36.9 Å². The van der Waals surface area contributed by atoms with Crippen molar-refractivity contribution in [1.82, 2.24) is 20.0 Å². The molecule has 2 fully saturated rings. The number of rotatable bonds is 3. The number of hydrogen-bond acceptors (Lipinski definition) is 4. The van der Waals surface area contributed by atoms with Crippen LogP contribution in [0, 0.1) is 11.3 Å². The van der Waals surface area contributed by atoms with Crippen LogP contribution < -0.4 is 10.9 Å². The third kappa shape index (κ3) is 3.38. The zero-order chi connectivity index (χ0) is 19.0. The number of fused-ring (bicyclic) bond motifs is 1. The molecule has 0 aliphatic carbocycles. The molecule has 27 heavy (non-hydrogen) atoms. The van der Waals surface area contributed by atoms with Gasteiger partial charge in [-0.1, -0.05) is 32.0 Å². The van der Waals surface area contributed by atoms with Gasteiger partial charge >= 0.3 is 0 Å². The molecule has 1 spiro atoms. The molecule has 0 bridgehead atoms. The zero-order valence-corrected chi connectivity index (χ0v) is 16.2. The third-order valence-corrected chi connectivity index (χ3v) is 6.05. The summed E-state index contributed by atoms with van der Waals surface area (Å²) < 4.78 is 1.46. The number of aromatic nitrogens is 2. The average Bonchev–Trinajstić information content (AvgIpc) is 3.12. The van der Waals surface area contributed by atoms with Gasteiger partial charge in [0.25, 0.3) is 11.5 Å². The number of nitrogens with one attached hydrogen (secondary N) is 1. The summed E-state index contributed by atoms with van der Waals surface area (Å²) in [5.41, 5.74) is 0.653. The van der Waals surface area contributed by atoms with Crippen LogP contribution in [0.25, 0.3) is 10.8 Å². The molecule has 2 aliphatic heterocycles. The summed E-state index contributed by atoms with van der Waals surface area (Å²) in [5, 5.41) is 9.20. The van der Waals surface area contributed by atoms with Gasteiger partial charge in [-0.05, 0) is 43.2 Å². The fourth-order valence-corrected chi connectivity index (χ4v) is 4.42. The van der Waals surface area contributed by atoms with E-state index in [-0.39, 0.29) is 17.4 Å². The minimum absolute atomic E-state index is 0.0514. The van der Waals surface area contributed by atoms with Gasteiger partial charge in [0, 0.05) is 31.6 Å². The fraction of sp³-hybridized carbons (Fsp3) is 0.571. The maximum Gasteiger partial charge on any atom is 0.274 e. The maximum absolute atomic E-state index is 13.3. The van der Waals surface area contributed by atoms with E-state index < -0.39 is 0 Å². The van der Waals surface area contributed by atoms with Crippen molar-refractivity contribution in [2.75, 3.05) is 26.2 Å². The molecular weight excluding hydrogens is 340 g/mol. The number of carbonyl (C=O) groups excluding carboxylic acids is 1. The number of likely N-dealkylation sites (tertiary alicyclic amines) is 1. The third-order valence-electron chi connectivity index (χ3n) is 6.05. The van der Waals surface area contributed by atoms with Crippen LogP contribution in [0.2, 0.25) is 0 Å². The number of carbonyl (C=O) groups is 1. The minimum atomic E-state index is -0.120. The smallest absolute Gasteiger partial charge is 0.274 e. The van der Waals surface area contributed by atoms with Crippen LogP contribution in [0.5, 0.6) is 0 Å². The van der Waals surface area contributed by atoms with Crippen LogP contribution in [0.3, 0.4) is 0 Å². The van der Waals surface area contributed by atoms with Gasteiger partial charge in [0.2, 0.25) is 0 Å². The van der Waals surface area contributed by atoms with Gasteiger partial charge in [-0.25, -0.2) is 4.68 Å². The van der Waals surface area contributed by atoms with Crippen LogP contribution in [-0.4, -0.2) is 46.8 Å². The Kier molecular flexibility index (Phi) is 4.76. The largest absolute Gasteiger partial charge is 0.337 e. The van der Waals surface area contributed by atoms with Crippen molar-refractivity contribution >= 4 is 16.7 Å². The Balaban J connectivity index is 1.67. The Morgan fingerprint density at radius 1 is 1.19 bits per heavy atom. The average molecular weight is 368 g/mol. The molecule has 6 heteroatoms. The Morgan fingerprint density at radius 3 is 2.52 bits per heavy atom. The first-order valence-electron chi connectivity index (χ1n) is 9.99. The molecular formula is C21H28N4O2. The number of hydrogen-bond donors (Lipinski definition) is 1. The summed E-state index contributed by atoms with van der Waals surface area (Å²) in [5.74, 6) is 0.230. The lowest BCUT2D eigenvalue weighted by atomic mass is 9.78. The number of piperidine rings is 1. The van der Waals surface area contributed by atoms with Gasteiger partial charge in [-0.2, -0.15) is 5.10 Å². The SMILES string of the molecule is CC(C)Cn1nc(C(=O)N2CCC3(CCNC3)CC2)c2ccccc2c1=O. The van der Waals surface area contributed by atoms with Gasteiger partial charge in [0.15, 0.2) is 5.69 Å². The maximum atomic E-state index is 13.3. The lowest BCUT2D eigenvalue weighted by Crippen LogP contribution is -2.44. The predicted octanol–water partition coefficient (Wildman–Crippen LogP) is 2.27. The fourth-order valence-electron chi connectivity index (χ4n) is 4.42. The van der Waals surface area contributed by atoms with Crippen molar-refractivity contribution in [2.24, 2.45) is 11.3 Å². The van der Waals surface area contributed by atoms with Gasteiger partial charge in [-0.3, -0.25) is 9.59 Å². The standard InChI is InChI=1S/C21H28N4O2/c1-15(2)13-25-19(26)17-6-4-3-5-16(17)18(23-25)20(27)24-11-8-21(9-12-24)7-10-22-14-21/h3-6,15,22H,7-14H2,1-2H3. The molecule has 4 rings (SSSR count). The van der Waals surface area contributed by atoms with E-state index in [4.69, 9.17) is 0 Å². The van der Waals surface area contributed by atoms with E-state index in [1.54, 1.807) is 6.07 Å². The van der Waals surface area contributed by atoms with E-state index in [1.165, 1.54) is 11.1 Å². The first kappa shape index (κ1) is 18.2. The van der Waals surface area contributed by atoms with Crippen LogP contribution in [-0.2, 0) is 6.54 Å². The second-order valence-corrected chi connectivity index (χ2v) is 8.49. The molecule has 0 saturated carbocycles. The summed E-state index contributed by atoms with van der Waals surface area (Å²) in [4.78, 5) is 28.0. The van der Waals surface area contributed by atoms with Crippen molar-refractivity contribution in [2.45, 2.75) is 39.7 Å². The van der Waals surface area contributed by atoms with E-state index in [9.17, 15) is 9.59 Å². The molecule has 6 nitrogen and oxygen atoms in total. The second kappa shape index (κ2) is 7.08. The molecule has 2 saturated heterocycles. The Labute approximate surface area is 159 Å². The molecule has 1 aromatic carbocycles. The molecule has 1 aromatic heterocycles. The van der Waals surface area contributed by atoms with E-state index in [2.05, 4.69) is 10.4 Å². The Hall–Kier alpha value is -2.21. The quantitative estimate of drug-likeness (QED) is 0.902. The number of nitrogens with zero attached hydrogens (tertiary/aromatic N) is 3. The molecule has 1 N–H and O–H groups in total. The highest BCUT2D eigenvalue weighted by molar-refractivity contribution is 6.04. The van der Waals surface area contributed by atoms with Gasteiger partial charge < -0.3 is 10.2 Å². The predicted molar refractivity (Wildman–Crippen MR) is 106 cm³/mol. The molecule has 3 heterocycles. The number of amides is 1. The lowest BCUT2D eigenvalue weighted by molar-refractivity contribution is 0.0601. The highest BCUT2D eigenvalue weighted by Gasteiger charge is 2.38. The van der Waals surface area contributed by atoms with Crippen molar-refractivity contribution in [1.29, 1.82) is 0 Å². The first-order valence-corrected chi connectivity index (χ1v) is 9.99. The molecule has 2 aromatic rings. The van der Waals surface area contributed by atoms with E-state index in [0.717, 1.165) is 39.0 Å². The van der Waals surface area contributed by atoms with Crippen LogP contribution in [0.1, 0.15) is 43.6 Å². The van der Waals surface area contributed by atoms with Gasteiger partial charge in [0.1, 0.15) is 0 Å². The van der Waals surface area contributed by atoms with Crippen LogP contribution in [0.4, 0.5) is 0 Å². The molecule has 0 radical (unpaired) electrons. The molecule has 2 aliphatic rings. The molecule has 1 amide bonds. The summed E-state index contributed by atoms with van der Waals surface area (Å²) in [7, 11) is 0. The lowest BCUT2D eigenvalue weighted by Gasteiger charge is -2.38. The second-order valence-electron chi connectivity index (χ2n) is 8.49. The van der Waals surface area contributed by atoms with Crippen LogP contribution in [0.15, 0.2) is 29.1 Å². The zero-order valence-electron chi connectivity index (χ0n) is 16.2. The summed E-state index contributed by atoms with van der Waals surface area (Å²) in [6.07, 6.45) is 3.28. The van der Waals surface area contributed by atoms with E-state index >= 15 is 0 Å². The minimum Gasteiger partial charge on any atom is -0.337 e. The monoisotopic (exact) mass is 368 g/mol. The topological polar surface area (TPSA) is 67.2 Å². The van der Waals surface area contributed by atoms with E-state index in [0.29, 0.717) is 28.4 Å². The highest BCUT2D eigenvalue weighted by Crippen LogP contribution is 2.37. The summed E-state index contributed by atoms with van der Waals surface area (Å²) in [6.45, 7) is 8.28. The van der Waals surface area contributed by atoms with Crippen molar-refractivity contribution < 1.29 is 4.79 Å². The summed E-state index contributed by atoms with van der Waals surface area (Å²) in [6, 6.07) is 7.34. The molecule has 144 valence electrons. The Morgan fingerprint density at radius 2 is 1.89 bits per heavy atom. The first-order chi connectivity index (χ1) is 13.0. The highest BCUT2D eigenvalue weighted by atomic mass is 16.2. The molecule has 0 atom stereocenters. The van der Waals surface area contributed by atoms with Crippen molar-refractivity contribution in [3.8, 4) is 0 Å². The normalized spacial score (nSPS) is 19.3. The van der Waals surface area contributed by atoms with Gasteiger partial charge in [-0.15, -0.1) is 0 Å². The van der Waals surface area contributed by atoms with Crippen molar-refractivity contribution in [3.63, 3.8) is 0 Å². The van der Waals surface area contributed by atoms with Crippen LogP contribution >= 0.6 is 0 Å². The molecule has 0 unspecified atom stereocenters.